The van der Waals surface area contributed by atoms with Gasteiger partial charge in [-0.1, -0.05) is 24.3 Å². The normalized spacial score (nSPS) is 11.3. The van der Waals surface area contributed by atoms with E-state index in [9.17, 15) is 22.4 Å². The quantitative estimate of drug-likeness (QED) is 0.603. The third kappa shape index (κ3) is 5.34. The van der Waals surface area contributed by atoms with Crippen molar-refractivity contribution < 1.29 is 22.4 Å². The van der Waals surface area contributed by atoms with Crippen LogP contribution in [0, 0.1) is 12.7 Å². The number of halogens is 4. The number of nitrogens with zero attached hydrogens (tertiary/aromatic N) is 2. The Kier molecular flexibility index (Phi) is 5.86. The van der Waals surface area contributed by atoms with E-state index in [4.69, 9.17) is 0 Å². The van der Waals surface area contributed by atoms with Crippen molar-refractivity contribution in [3.63, 3.8) is 0 Å². The molecule has 1 heterocycles. The van der Waals surface area contributed by atoms with Crippen molar-refractivity contribution in [2.75, 3.05) is 5.32 Å². The summed E-state index contributed by atoms with van der Waals surface area (Å²) in [7, 11) is 0. The van der Waals surface area contributed by atoms with E-state index in [0.29, 0.717) is 24.7 Å². The first-order valence-electron chi connectivity index (χ1n) is 8.69. The zero-order chi connectivity index (χ0) is 21.0. The molecule has 0 spiro atoms. The van der Waals surface area contributed by atoms with E-state index in [1.54, 1.807) is 12.3 Å². The molecule has 0 fully saturated rings. The average molecular weight is 406 g/mol. The van der Waals surface area contributed by atoms with Gasteiger partial charge in [0.1, 0.15) is 11.6 Å². The maximum absolute atomic E-state index is 13.7. The summed E-state index contributed by atoms with van der Waals surface area (Å²) in [6, 6.07) is 8.50. The van der Waals surface area contributed by atoms with Gasteiger partial charge in [-0.05, 0) is 36.2 Å². The Morgan fingerprint density at radius 2 is 1.90 bits per heavy atom. The lowest BCUT2D eigenvalue weighted by Crippen LogP contribution is -2.28. The fraction of sp³-hybridized carbons (Fsp3) is 0.200. The highest BCUT2D eigenvalue weighted by Gasteiger charge is 2.31. The number of alkyl halides is 3. The van der Waals surface area contributed by atoms with Gasteiger partial charge in [0.05, 0.1) is 11.3 Å². The Bertz CT molecular complexity index is 1010. The van der Waals surface area contributed by atoms with E-state index < -0.39 is 29.3 Å². The van der Waals surface area contributed by atoms with Crippen LogP contribution in [-0.4, -0.2) is 15.6 Å². The van der Waals surface area contributed by atoms with E-state index in [-0.39, 0.29) is 6.54 Å². The largest absolute Gasteiger partial charge is 0.416 e. The van der Waals surface area contributed by atoms with Crippen LogP contribution < -0.4 is 10.6 Å². The van der Waals surface area contributed by atoms with Gasteiger partial charge in [-0.2, -0.15) is 13.2 Å². The van der Waals surface area contributed by atoms with Crippen LogP contribution in [0.1, 0.15) is 22.5 Å². The summed E-state index contributed by atoms with van der Waals surface area (Å²) in [5, 5.41) is 4.63. The molecule has 3 aromatic rings. The van der Waals surface area contributed by atoms with Crippen LogP contribution in [0.3, 0.4) is 0 Å². The zero-order valence-corrected chi connectivity index (χ0v) is 15.4. The SMILES string of the molecule is Cc1nccn1Cc1cccc(CNC(=O)Nc2cc(C(F)(F)F)ccc2F)c1. The standard InChI is InChI=1S/C20H18F4N4O/c1-13-25-7-8-28(13)12-15-4-2-3-14(9-15)11-26-19(29)27-18-10-16(20(22,23)24)5-6-17(18)21/h2-10H,11-12H2,1H3,(H2,26,27,29). The van der Waals surface area contributed by atoms with Crippen molar-refractivity contribution >= 4 is 11.7 Å². The van der Waals surface area contributed by atoms with Gasteiger partial charge in [0, 0.05) is 25.5 Å². The van der Waals surface area contributed by atoms with Gasteiger partial charge in [-0.3, -0.25) is 0 Å². The van der Waals surface area contributed by atoms with Gasteiger partial charge in [0.25, 0.3) is 0 Å². The predicted octanol–water partition coefficient (Wildman–Crippen LogP) is 4.72. The van der Waals surface area contributed by atoms with E-state index in [1.807, 2.05) is 35.9 Å². The van der Waals surface area contributed by atoms with Crippen molar-refractivity contribution in [3.05, 3.63) is 83.2 Å². The smallest absolute Gasteiger partial charge is 0.334 e. The Morgan fingerprint density at radius 3 is 2.59 bits per heavy atom. The molecule has 0 aliphatic rings. The molecule has 9 heteroatoms. The maximum atomic E-state index is 13.7. The molecule has 2 N–H and O–H groups in total. The summed E-state index contributed by atoms with van der Waals surface area (Å²) in [5.41, 5.74) is 0.202. The number of nitrogens with one attached hydrogen (secondary N) is 2. The molecule has 3 rings (SSSR count). The molecule has 0 aliphatic carbocycles. The molecule has 0 atom stereocenters. The van der Waals surface area contributed by atoms with Gasteiger partial charge in [0.2, 0.25) is 0 Å². The molecular formula is C20H18F4N4O. The number of carbonyl (C=O) groups excluding carboxylic acids is 1. The van der Waals surface area contributed by atoms with Crippen molar-refractivity contribution in [2.45, 2.75) is 26.2 Å². The first-order chi connectivity index (χ1) is 13.7. The average Bonchev–Trinajstić information content (AvgIpc) is 3.06. The second-order valence-corrected chi connectivity index (χ2v) is 6.42. The first kappa shape index (κ1) is 20.4. The molecule has 0 saturated heterocycles. The lowest BCUT2D eigenvalue weighted by atomic mass is 10.1. The molecule has 29 heavy (non-hydrogen) atoms. The summed E-state index contributed by atoms with van der Waals surface area (Å²) in [4.78, 5) is 16.2. The molecule has 0 unspecified atom stereocenters. The van der Waals surface area contributed by atoms with Crippen molar-refractivity contribution in [2.24, 2.45) is 0 Å². The number of benzene rings is 2. The van der Waals surface area contributed by atoms with Gasteiger partial charge in [-0.15, -0.1) is 0 Å². The van der Waals surface area contributed by atoms with Crippen LogP contribution in [0.5, 0.6) is 0 Å². The summed E-state index contributed by atoms with van der Waals surface area (Å²) in [6.07, 6.45) is -1.07. The van der Waals surface area contributed by atoms with Crippen LogP contribution in [0.25, 0.3) is 0 Å². The molecule has 1 aromatic heterocycles. The predicted molar refractivity (Wildman–Crippen MR) is 99.8 cm³/mol. The number of amides is 2. The van der Waals surface area contributed by atoms with Crippen LogP contribution >= 0.6 is 0 Å². The third-order valence-electron chi connectivity index (χ3n) is 4.26. The third-order valence-corrected chi connectivity index (χ3v) is 4.26. The lowest BCUT2D eigenvalue weighted by molar-refractivity contribution is -0.137. The summed E-state index contributed by atoms with van der Waals surface area (Å²) < 4.78 is 53.9. The minimum absolute atomic E-state index is 0.128. The number of rotatable bonds is 5. The second-order valence-electron chi connectivity index (χ2n) is 6.42. The van der Waals surface area contributed by atoms with Gasteiger partial charge < -0.3 is 15.2 Å². The van der Waals surface area contributed by atoms with Crippen LogP contribution in [0.2, 0.25) is 0 Å². The van der Waals surface area contributed by atoms with E-state index >= 15 is 0 Å². The monoisotopic (exact) mass is 406 g/mol. The minimum Gasteiger partial charge on any atom is -0.334 e. The summed E-state index contributed by atoms with van der Waals surface area (Å²) in [6.45, 7) is 2.63. The van der Waals surface area contributed by atoms with E-state index in [2.05, 4.69) is 15.6 Å². The van der Waals surface area contributed by atoms with Crippen LogP contribution in [0.4, 0.5) is 28.0 Å². The Morgan fingerprint density at radius 1 is 1.14 bits per heavy atom. The minimum atomic E-state index is -4.63. The fourth-order valence-electron chi connectivity index (χ4n) is 2.75. The molecule has 2 aromatic carbocycles. The topological polar surface area (TPSA) is 59.0 Å². The number of aromatic nitrogens is 2. The highest BCUT2D eigenvalue weighted by molar-refractivity contribution is 5.89. The fourth-order valence-corrected chi connectivity index (χ4v) is 2.75. The molecule has 0 saturated carbocycles. The molecule has 2 amide bonds. The number of urea groups is 1. The Labute approximate surface area is 164 Å². The van der Waals surface area contributed by atoms with Crippen LogP contribution in [0.15, 0.2) is 54.9 Å². The number of imidazole rings is 1. The molecule has 0 aliphatic heterocycles. The molecule has 152 valence electrons. The Hall–Kier alpha value is -3.36. The van der Waals surface area contributed by atoms with Gasteiger partial charge in [0.15, 0.2) is 0 Å². The highest BCUT2D eigenvalue weighted by atomic mass is 19.4. The van der Waals surface area contributed by atoms with Gasteiger partial charge in [-0.25, -0.2) is 14.2 Å². The molecule has 0 radical (unpaired) electrons. The Balaban J connectivity index is 1.61. The summed E-state index contributed by atoms with van der Waals surface area (Å²) in [5.74, 6) is -0.0816. The second kappa shape index (κ2) is 8.34. The number of carbonyl (C=O) groups is 1. The number of anilines is 1. The van der Waals surface area contributed by atoms with Crippen molar-refractivity contribution in [1.82, 2.24) is 14.9 Å². The van der Waals surface area contributed by atoms with E-state index in [0.717, 1.165) is 17.0 Å². The number of hydrogen-bond acceptors (Lipinski definition) is 2. The van der Waals surface area contributed by atoms with Crippen molar-refractivity contribution in [3.8, 4) is 0 Å². The lowest BCUT2D eigenvalue weighted by Gasteiger charge is -2.12. The maximum Gasteiger partial charge on any atom is 0.416 e. The first-order valence-corrected chi connectivity index (χ1v) is 8.69. The molecule has 0 bridgehead atoms. The number of aryl methyl sites for hydroxylation is 1. The van der Waals surface area contributed by atoms with Crippen molar-refractivity contribution in [1.29, 1.82) is 0 Å². The zero-order valence-electron chi connectivity index (χ0n) is 15.4. The highest BCUT2D eigenvalue weighted by Crippen LogP contribution is 2.31. The number of hydrogen-bond donors (Lipinski definition) is 2. The van der Waals surface area contributed by atoms with Gasteiger partial charge >= 0.3 is 12.2 Å². The molecule has 5 nitrogen and oxygen atoms in total. The van der Waals surface area contributed by atoms with E-state index in [1.165, 1.54) is 0 Å². The van der Waals surface area contributed by atoms with Crippen LogP contribution in [-0.2, 0) is 19.3 Å². The molecular weight excluding hydrogens is 388 g/mol. The summed E-state index contributed by atoms with van der Waals surface area (Å²) >= 11 is 0.